The van der Waals surface area contributed by atoms with E-state index < -0.39 is 11.5 Å². The van der Waals surface area contributed by atoms with E-state index in [1.807, 2.05) is 0 Å². The van der Waals surface area contributed by atoms with E-state index in [0.717, 1.165) is 0 Å². The molecular formula is C13H19N5O3. The number of aliphatic hydroxyl groups is 3. The van der Waals surface area contributed by atoms with Crippen molar-refractivity contribution in [2.75, 3.05) is 18.9 Å². The van der Waals surface area contributed by atoms with E-state index in [1.54, 1.807) is 10.9 Å². The third-order valence-corrected chi connectivity index (χ3v) is 4.47. The van der Waals surface area contributed by atoms with Crippen LogP contribution in [0.3, 0.4) is 0 Å². The van der Waals surface area contributed by atoms with Crippen molar-refractivity contribution >= 4 is 17.0 Å². The van der Waals surface area contributed by atoms with Gasteiger partial charge in [-0.2, -0.15) is 0 Å². The van der Waals surface area contributed by atoms with Crippen LogP contribution in [0.4, 0.5) is 5.82 Å². The average Bonchev–Trinajstić information content (AvgIpc) is 2.92. The molecule has 2 aromatic rings. The second-order valence-electron chi connectivity index (χ2n) is 5.78. The minimum absolute atomic E-state index is 0.132. The number of nitrogens with two attached hydrogens (primary N) is 1. The molecule has 1 saturated carbocycles. The third-order valence-electron chi connectivity index (χ3n) is 4.47. The molecule has 0 aromatic carbocycles. The Morgan fingerprint density at radius 2 is 2.05 bits per heavy atom. The SMILES string of the molecule is Nc1ncnc2c1ncn2[C@@H]1CCC(CO)(CO)C[C@H]1O. The molecule has 0 spiro atoms. The monoisotopic (exact) mass is 293 g/mol. The molecule has 0 saturated heterocycles. The lowest BCUT2D eigenvalue weighted by atomic mass is 9.72. The molecule has 0 radical (unpaired) electrons. The molecule has 114 valence electrons. The summed E-state index contributed by atoms with van der Waals surface area (Å²) < 4.78 is 1.80. The van der Waals surface area contributed by atoms with Crippen molar-refractivity contribution < 1.29 is 15.3 Å². The molecule has 5 N–H and O–H groups in total. The molecule has 8 heteroatoms. The van der Waals surface area contributed by atoms with E-state index >= 15 is 0 Å². The molecule has 0 bridgehead atoms. The molecule has 2 aromatic heterocycles. The summed E-state index contributed by atoms with van der Waals surface area (Å²) in [6, 6.07) is -0.199. The summed E-state index contributed by atoms with van der Waals surface area (Å²) in [5, 5.41) is 29.3. The van der Waals surface area contributed by atoms with Gasteiger partial charge in [-0.25, -0.2) is 15.0 Å². The van der Waals surface area contributed by atoms with Gasteiger partial charge in [-0.1, -0.05) is 0 Å². The van der Waals surface area contributed by atoms with E-state index in [0.29, 0.717) is 36.2 Å². The highest BCUT2D eigenvalue weighted by Crippen LogP contribution is 2.41. The molecule has 0 amide bonds. The number of hydrogen-bond donors (Lipinski definition) is 4. The number of anilines is 1. The van der Waals surface area contributed by atoms with Crippen molar-refractivity contribution in [2.24, 2.45) is 5.41 Å². The van der Waals surface area contributed by atoms with Crippen LogP contribution >= 0.6 is 0 Å². The summed E-state index contributed by atoms with van der Waals surface area (Å²) in [5.41, 5.74) is 6.26. The van der Waals surface area contributed by atoms with Crippen molar-refractivity contribution in [2.45, 2.75) is 31.4 Å². The van der Waals surface area contributed by atoms with Crippen LogP contribution in [0.15, 0.2) is 12.7 Å². The van der Waals surface area contributed by atoms with Crippen LogP contribution in [-0.2, 0) is 0 Å². The maximum atomic E-state index is 10.4. The Morgan fingerprint density at radius 1 is 1.29 bits per heavy atom. The molecule has 0 aliphatic heterocycles. The van der Waals surface area contributed by atoms with Gasteiger partial charge in [0.05, 0.1) is 31.7 Å². The van der Waals surface area contributed by atoms with Crippen LogP contribution in [0.25, 0.3) is 11.2 Å². The first-order chi connectivity index (χ1) is 10.1. The highest BCUT2D eigenvalue weighted by Gasteiger charge is 2.40. The molecule has 2 heterocycles. The molecule has 21 heavy (non-hydrogen) atoms. The van der Waals surface area contributed by atoms with Gasteiger partial charge in [-0.15, -0.1) is 0 Å². The topological polar surface area (TPSA) is 130 Å². The molecule has 2 atom stereocenters. The number of aliphatic hydroxyl groups excluding tert-OH is 3. The van der Waals surface area contributed by atoms with Crippen LogP contribution < -0.4 is 5.73 Å². The lowest BCUT2D eigenvalue weighted by molar-refractivity contribution is -0.0482. The maximum Gasteiger partial charge on any atom is 0.165 e. The van der Waals surface area contributed by atoms with Crippen LogP contribution in [0.2, 0.25) is 0 Å². The second-order valence-corrected chi connectivity index (χ2v) is 5.78. The number of nitrogens with zero attached hydrogens (tertiary/aromatic N) is 4. The van der Waals surface area contributed by atoms with Crippen LogP contribution in [0.1, 0.15) is 25.3 Å². The van der Waals surface area contributed by atoms with Crippen molar-refractivity contribution in [1.82, 2.24) is 19.5 Å². The van der Waals surface area contributed by atoms with E-state index in [-0.39, 0.29) is 19.3 Å². The summed E-state index contributed by atoms with van der Waals surface area (Å²) in [6.07, 6.45) is 3.88. The molecule has 3 rings (SSSR count). The fourth-order valence-electron chi connectivity index (χ4n) is 3.10. The van der Waals surface area contributed by atoms with Gasteiger partial charge in [0.1, 0.15) is 11.8 Å². The smallest absolute Gasteiger partial charge is 0.165 e. The van der Waals surface area contributed by atoms with Crippen molar-refractivity contribution in [1.29, 1.82) is 0 Å². The Kier molecular flexibility index (Phi) is 3.52. The molecule has 8 nitrogen and oxygen atoms in total. The Morgan fingerprint density at radius 3 is 2.71 bits per heavy atom. The van der Waals surface area contributed by atoms with Crippen molar-refractivity contribution in [3.63, 3.8) is 0 Å². The summed E-state index contributed by atoms with van der Waals surface area (Å²) in [7, 11) is 0. The van der Waals surface area contributed by atoms with Crippen LogP contribution in [0, 0.1) is 5.41 Å². The van der Waals surface area contributed by atoms with Crippen LogP contribution in [0.5, 0.6) is 0 Å². The Hall–Kier alpha value is -1.77. The Bertz CT molecular complexity index is 640. The van der Waals surface area contributed by atoms with Gasteiger partial charge >= 0.3 is 0 Å². The quantitative estimate of drug-likeness (QED) is 0.598. The van der Waals surface area contributed by atoms with Gasteiger partial charge in [0.15, 0.2) is 11.5 Å². The minimum Gasteiger partial charge on any atom is -0.396 e. The Labute approximate surface area is 121 Å². The number of nitrogen functional groups attached to an aromatic ring is 1. The first-order valence-corrected chi connectivity index (χ1v) is 6.93. The summed E-state index contributed by atoms with van der Waals surface area (Å²) in [4.78, 5) is 12.3. The first-order valence-electron chi connectivity index (χ1n) is 6.93. The molecule has 1 fully saturated rings. The second kappa shape index (κ2) is 5.21. The molecule has 1 aliphatic rings. The minimum atomic E-state index is -0.688. The predicted molar refractivity (Wildman–Crippen MR) is 75.2 cm³/mol. The summed E-state index contributed by atoms with van der Waals surface area (Å²) in [6.45, 7) is -0.264. The van der Waals surface area contributed by atoms with Gasteiger partial charge in [0, 0.05) is 5.41 Å². The Balaban J connectivity index is 1.92. The van der Waals surface area contributed by atoms with E-state index in [1.165, 1.54) is 6.33 Å². The third kappa shape index (κ3) is 2.25. The maximum absolute atomic E-state index is 10.4. The fraction of sp³-hybridized carbons (Fsp3) is 0.615. The highest BCUT2D eigenvalue weighted by atomic mass is 16.3. The summed E-state index contributed by atoms with van der Waals surface area (Å²) >= 11 is 0. The first kappa shape index (κ1) is 14.2. The van der Waals surface area contributed by atoms with Gasteiger partial charge in [0.25, 0.3) is 0 Å². The lowest BCUT2D eigenvalue weighted by Gasteiger charge is -2.41. The van der Waals surface area contributed by atoms with Gasteiger partial charge in [0.2, 0.25) is 0 Å². The van der Waals surface area contributed by atoms with Crippen molar-refractivity contribution in [3.8, 4) is 0 Å². The fourth-order valence-corrected chi connectivity index (χ4v) is 3.10. The standard InChI is InChI=1S/C13H19N5O3/c14-11-10-12(16-6-15-11)18(7-17-10)8-1-2-13(4-19,5-20)3-9(8)21/h6-9,19-21H,1-5H2,(H2,14,15,16)/t8-,9-/m1/s1. The highest BCUT2D eigenvalue weighted by molar-refractivity contribution is 5.81. The zero-order valence-electron chi connectivity index (χ0n) is 11.6. The largest absolute Gasteiger partial charge is 0.396 e. The van der Waals surface area contributed by atoms with Crippen molar-refractivity contribution in [3.05, 3.63) is 12.7 Å². The number of rotatable bonds is 3. The van der Waals surface area contributed by atoms with Crippen LogP contribution in [-0.4, -0.2) is 54.2 Å². The predicted octanol–water partition coefficient (Wildman–Crippen LogP) is -0.535. The number of imidazole rings is 1. The summed E-state index contributed by atoms with van der Waals surface area (Å²) in [5.74, 6) is 0.309. The van der Waals surface area contributed by atoms with E-state index in [9.17, 15) is 15.3 Å². The zero-order chi connectivity index (χ0) is 15.0. The van der Waals surface area contributed by atoms with Gasteiger partial charge in [-0.3, -0.25) is 0 Å². The zero-order valence-corrected chi connectivity index (χ0v) is 11.6. The normalized spacial score (nSPS) is 25.3. The van der Waals surface area contributed by atoms with Gasteiger partial charge in [-0.05, 0) is 19.3 Å². The molecule has 0 unspecified atom stereocenters. The van der Waals surface area contributed by atoms with Gasteiger partial charge < -0.3 is 25.6 Å². The van der Waals surface area contributed by atoms with E-state index in [2.05, 4.69) is 15.0 Å². The number of aromatic nitrogens is 4. The lowest BCUT2D eigenvalue weighted by Crippen LogP contribution is -2.42. The number of fused-ring (bicyclic) bond motifs is 1. The average molecular weight is 293 g/mol. The molecule has 1 aliphatic carbocycles. The molecular weight excluding hydrogens is 274 g/mol. The van der Waals surface area contributed by atoms with E-state index in [4.69, 9.17) is 5.73 Å². The number of hydrogen-bond acceptors (Lipinski definition) is 7.